The number of carbonyl (C=O) groups is 1. The monoisotopic (exact) mass is 1420 g/mol. The Bertz CT molecular complexity index is 2220. The van der Waals surface area contributed by atoms with Crippen molar-refractivity contribution in [3.05, 3.63) is 134 Å². The maximum atomic E-state index is 13.4. The zero-order valence-electron chi connectivity index (χ0n) is 63.6. The number of rotatable bonds is 67. The molecule has 12 atom stereocenters. The van der Waals surface area contributed by atoms with Crippen molar-refractivity contribution in [1.29, 1.82) is 0 Å². The van der Waals surface area contributed by atoms with Crippen LogP contribution in [0.1, 0.15) is 316 Å². The lowest BCUT2D eigenvalue weighted by Crippen LogP contribution is -2.65. The molecule has 0 saturated carbocycles. The Kier molecular flexibility index (Phi) is 63.9. The Morgan fingerprint density at radius 3 is 1.05 bits per heavy atom. The van der Waals surface area contributed by atoms with Crippen LogP contribution in [0.15, 0.2) is 134 Å². The number of hydrogen-bond acceptors (Lipinski definition) is 13. The molecule has 12 unspecified atom stereocenters. The van der Waals surface area contributed by atoms with E-state index >= 15 is 0 Å². The first-order valence-corrected chi connectivity index (χ1v) is 40.9. The highest BCUT2D eigenvalue weighted by Gasteiger charge is 2.51. The second-order valence-corrected chi connectivity index (χ2v) is 28.2. The van der Waals surface area contributed by atoms with E-state index in [1.54, 1.807) is 0 Å². The molecular weight excluding hydrogens is 1270 g/mol. The molecule has 2 aliphatic heterocycles. The van der Waals surface area contributed by atoms with Gasteiger partial charge in [-0.15, -0.1) is 0 Å². The predicted molar refractivity (Wildman–Crippen MR) is 419 cm³/mol. The average molecular weight is 1420 g/mol. The molecule has 0 aromatic carbocycles. The van der Waals surface area contributed by atoms with Gasteiger partial charge in [-0.05, 0) is 96.3 Å². The fourth-order valence-electron chi connectivity index (χ4n) is 12.7. The van der Waals surface area contributed by atoms with Crippen molar-refractivity contribution in [2.75, 3.05) is 19.8 Å². The molecule has 2 aliphatic rings. The van der Waals surface area contributed by atoms with Crippen LogP contribution in [0.5, 0.6) is 0 Å². The van der Waals surface area contributed by atoms with E-state index in [4.69, 9.17) is 18.9 Å². The van der Waals surface area contributed by atoms with Crippen molar-refractivity contribution in [3.63, 3.8) is 0 Å². The van der Waals surface area contributed by atoms with Crippen molar-refractivity contribution in [2.24, 2.45) is 0 Å². The molecule has 1 amide bonds. The van der Waals surface area contributed by atoms with Crippen molar-refractivity contribution in [1.82, 2.24) is 5.32 Å². The van der Waals surface area contributed by atoms with Crippen LogP contribution < -0.4 is 5.32 Å². The summed E-state index contributed by atoms with van der Waals surface area (Å²) in [6.45, 7) is 2.77. The first-order valence-electron chi connectivity index (χ1n) is 40.9. The van der Waals surface area contributed by atoms with Gasteiger partial charge < -0.3 is 65.1 Å². The third kappa shape index (κ3) is 51.9. The highest BCUT2D eigenvalue weighted by Crippen LogP contribution is 2.30. The van der Waals surface area contributed by atoms with Crippen molar-refractivity contribution in [3.8, 4) is 0 Å². The molecule has 2 rings (SSSR count). The molecule has 0 bridgehead atoms. The Morgan fingerprint density at radius 1 is 0.366 bits per heavy atom. The van der Waals surface area contributed by atoms with Crippen molar-refractivity contribution in [2.45, 2.75) is 389 Å². The van der Waals surface area contributed by atoms with Gasteiger partial charge in [0.1, 0.15) is 48.8 Å². The highest BCUT2D eigenvalue weighted by molar-refractivity contribution is 5.76. The Morgan fingerprint density at radius 2 is 0.683 bits per heavy atom. The van der Waals surface area contributed by atoms with E-state index in [2.05, 4.69) is 153 Å². The summed E-state index contributed by atoms with van der Waals surface area (Å²) in [4.78, 5) is 13.4. The summed E-state index contributed by atoms with van der Waals surface area (Å²) in [6.07, 6.45) is 86.2. The first kappa shape index (κ1) is 93.2. The number of ether oxygens (including phenoxy) is 4. The molecule has 9 N–H and O–H groups in total. The fourth-order valence-corrected chi connectivity index (χ4v) is 12.7. The summed E-state index contributed by atoms with van der Waals surface area (Å²) < 4.78 is 23.0. The van der Waals surface area contributed by atoms with E-state index in [1.165, 1.54) is 154 Å². The van der Waals surface area contributed by atoms with Gasteiger partial charge in [0.05, 0.1) is 32.0 Å². The Labute approximate surface area is 615 Å². The number of aliphatic hydroxyl groups is 8. The normalized spacial score (nSPS) is 22.5. The summed E-state index contributed by atoms with van der Waals surface area (Å²) >= 11 is 0. The molecule has 0 aromatic heterocycles. The van der Waals surface area contributed by atoms with Crippen LogP contribution in [0.4, 0.5) is 0 Å². The van der Waals surface area contributed by atoms with E-state index in [0.717, 1.165) is 128 Å². The molecule has 101 heavy (non-hydrogen) atoms. The maximum Gasteiger partial charge on any atom is 0.220 e. The van der Waals surface area contributed by atoms with Gasteiger partial charge in [-0.3, -0.25) is 4.79 Å². The smallest absolute Gasteiger partial charge is 0.220 e. The van der Waals surface area contributed by atoms with Crippen LogP contribution in [-0.4, -0.2) is 140 Å². The van der Waals surface area contributed by atoms with Crippen molar-refractivity contribution >= 4 is 5.91 Å². The topological polar surface area (TPSA) is 228 Å². The zero-order chi connectivity index (χ0) is 73.0. The summed E-state index contributed by atoms with van der Waals surface area (Å²) in [6, 6.07) is -0.852. The van der Waals surface area contributed by atoms with Crippen LogP contribution in [-0.2, 0) is 23.7 Å². The highest BCUT2D eigenvalue weighted by atomic mass is 16.7. The van der Waals surface area contributed by atoms with Crippen LogP contribution in [0.2, 0.25) is 0 Å². The van der Waals surface area contributed by atoms with Crippen LogP contribution >= 0.6 is 0 Å². The molecule has 14 nitrogen and oxygen atoms in total. The summed E-state index contributed by atoms with van der Waals surface area (Å²) in [7, 11) is 0. The number of nitrogens with one attached hydrogen (secondary N) is 1. The zero-order valence-corrected chi connectivity index (χ0v) is 63.6. The van der Waals surface area contributed by atoms with Crippen molar-refractivity contribution < 1.29 is 64.6 Å². The minimum atomic E-state index is -1.79. The van der Waals surface area contributed by atoms with E-state index in [0.29, 0.717) is 12.8 Å². The number of hydrogen-bond donors (Lipinski definition) is 9. The van der Waals surface area contributed by atoms with Crippen LogP contribution in [0.3, 0.4) is 0 Å². The molecule has 2 fully saturated rings. The quantitative estimate of drug-likeness (QED) is 0.0204. The van der Waals surface area contributed by atoms with Gasteiger partial charge in [-0.2, -0.15) is 0 Å². The standard InChI is InChI=1S/C87H149NO13/c1-3-5-7-9-11-13-15-17-19-21-23-25-27-29-31-33-34-35-36-37-38-39-40-41-42-43-45-47-49-51-53-55-57-59-61-63-65-67-69-71-79(92)88-75(74-98-86-84(97)82(95)85(78(73-90)100-86)101-87-83(96)81(94)80(93)77(72-89)99-87)76(91)70-68-66-64-62-60-58-56-54-52-50-48-46-44-32-30-28-26-24-22-20-18-16-14-12-10-8-6-4-2/h5,7,11,13,17,19,23,25,29,31,34-35,37-38,40-41,43,45,49,51,55,57,75-78,80-87,89-91,93-97H,3-4,6,8-10,12,14-16,18,20-22,24,26-28,30,32-33,36,39,42,44,46-48,50,52-54,56,58-74H2,1-2H3,(H,88,92)/b7-5-,13-11-,19-17-,25-23-,31-29-,35-34-,38-37-,41-40-,45-43-,51-49-,57-55-. The molecule has 0 radical (unpaired) electrons. The van der Waals surface area contributed by atoms with Gasteiger partial charge in [0, 0.05) is 6.42 Å². The molecule has 0 aromatic rings. The van der Waals surface area contributed by atoms with Gasteiger partial charge >= 0.3 is 0 Å². The van der Waals surface area contributed by atoms with E-state index in [9.17, 15) is 45.6 Å². The number of unbranched alkanes of at least 4 members (excludes halogenated alkanes) is 32. The van der Waals surface area contributed by atoms with E-state index in [1.807, 2.05) is 0 Å². The maximum absolute atomic E-state index is 13.4. The predicted octanol–water partition coefficient (Wildman–Crippen LogP) is 19.0. The summed E-state index contributed by atoms with van der Waals surface area (Å²) in [5, 5.41) is 87.9. The van der Waals surface area contributed by atoms with Gasteiger partial charge in [0.2, 0.25) is 5.91 Å². The van der Waals surface area contributed by atoms with Gasteiger partial charge in [0.25, 0.3) is 0 Å². The largest absolute Gasteiger partial charge is 0.394 e. The third-order valence-electron chi connectivity index (χ3n) is 19.1. The molecule has 2 saturated heterocycles. The summed E-state index contributed by atoms with van der Waals surface area (Å²) in [5.41, 5.74) is 0. The first-order chi connectivity index (χ1) is 49.6. The van der Waals surface area contributed by atoms with Gasteiger partial charge in [-0.1, -0.05) is 347 Å². The molecule has 0 aliphatic carbocycles. The second-order valence-electron chi connectivity index (χ2n) is 28.2. The molecular formula is C87H149NO13. The van der Waals surface area contributed by atoms with E-state index < -0.39 is 86.8 Å². The summed E-state index contributed by atoms with van der Waals surface area (Å²) in [5.74, 6) is -0.227. The molecule has 14 heteroatoms. The fraction of sp³-hybridized carbons (Fsp3) is 0.736. The lowest BCUT2D eigenvalue weighted by Gasteiger charge is -2.46. The van der Waals surface area contributed by atoms with Gasteiger partial charge in [-0.25, -0.2) is 0 Å². The minimum absolute atomic E-state index is 0.227. The second kappa shape index (κ2) is 69.2. The number of aliphatic hydroxyl groups excluding tert-OH is 8. The van der Waals surface area contributed by atoms with Gasteiger partial charge in [0.15, 0.2) is 12.6 Å². The Balaban J connectivity index is 1.64. The molecule has 2 heterocycles. The SMILES string of the molecule is CC/C=C\C/C=C\C/C=C\C/C=C\C/C=C\C/C=C\C/C=C\C/C=C\C/C=C\C/C=C\C/C=C\CCCCCCCC(=O)NC(COC1OC(CO)C(OC2OC(CO)C(O)C(O)C2O)C(O)C1O)C(O)CCCCCCCCCCCCCCCCCCCCCCCCCCCCCC. The third-order valence-corrected chi connectivity index (χ3v) is 19.1. The number of allylic oxidation sites excluding steroid dienone is 22. The van der Waals surface area contributed by atoms with Crippen LogP contribution in [0.25, 0.3) is 0 Å². The minimum Gasteiger partial charge on any atom is -0.394 e. The lowest BCUT2D eigenvalue weighted by molar-refractivity contribution is -0.359. The number of carbonyl (C=O) groups excluding carboxylic acids is 1. The number of amides is 1. The average Bonchev–Trinajstić information content (AvgIpc) is 0.790. The lowest BCUT2D eigenvalue weighted by atomic mass is 9.97. The molecule has 580 valence electrons. The van der Waals surface area contributed by atoms with Crippen LogP contribution in [0, 0.1) is 0 Å². The Hall–Kier alpha value is -3.87. The molecule has 0 spiro atoms. The van der Waals surface area contributed by atoms with E-state index in [-0.39, 0.29) is 18.9 Å².